The number of carbonyl (C=O) groups is 1. The average molecular weight is 422 g/mol. The molecule has 1 saturated heterocycles. The first kappa shape index (κ1) is 19.0. The molecule has 1 aromatic carbocycles. The lowest BCUT2D eigenvalue weighted by Crippen LogP contribution is -2.31. The van der Waals surface area contributed by atoms with E-state index in [0.29, 0.717) is 16.9 Å². The molecule has 2 N–H and O–H groups in total. The Morgan fingerprint density at radius 3 is 2.83 bits per heavy atom. The molecule has 0 spiro atoms. The first-order valence-electron chi connectivity index (χ1n) is 10.0. The maximum atomic E-state index is 12.7. The normalized spacial score (nSPS) is 15.7. The standard InChI is InChI=1S/C21H23N7OS/c1-13-10-22-21(30-13)24-20(29)19-17-9-14(3-4-18(17)25-26-19)15-11-23-28(12-15)16-5-7-27(2)8-6-16/h3-4,9-12,16H,5-8H2,1-2H3,(H,25,26)(H,22,24,29). The molecule has 0 unspecified atom stereocenters. The van der Waals surface area contributed by atoms with Crippen LogP contribution in [0.15, 0.2) is 36.8 Å². The summed E-state index contributed by atoms with van der Waals surface area (Å²) in [6.07, 6.45) is 7.97. The topological polar surface area (TPSA) is 91.7 Å². The summed E-state index contributed by atoms with van der Waals surface area (Å²) in [4.78, 5) is 20.3. The van der Waals surface area contributed by atoms with E-state index in [1.165, 1.54) is 11.3 Å². The average Bonchev–Trinajstić information content (AvgIpc) is 3.47. The van der Waals surface area contributed by atoms with Gasteiger partial charge in [-0.25, -0.2) is 4.98 Å². The van der Waals surface area contributed by atoms with Gasteiger partial charge in [0.15, 0.2) is 10.8 Å². The molecule has 0 atom stereocenters. The fourth-order valence-electron chi connectivity index (χ4n) is 3.88. The molecule has 0 radical (unpaired) electrons. The Morgan fingerprint density at radius 2 is 2.07 bits per heavy atom. The number of anilines is 1. The van der Waals surface area contributed by atoms with E-state index in [2.05, 4.69) is 48.4 Å². The maximum absolute atomic E-state index is 12.7. The zero-order valence-electron chi connectivity index (χ0n) is 16.9. The number of nitrogens with zero attached hydrogens (tertiary/aromatic N) is 5. The van der Waals surface area contributed by atoms with E-state index in [4.69, 9.17) is 0 Å². The van der Waals surface area contributed by atoms with Crippen LogP contribution in [-0.2, 0) is 0 Å². The summed E-state index contributed by atoms with van der Waals surface area (Å²) >= 11 is 1.44. The van der Waals surface area contributed by atoms with Crippen molar-refractivity contribution in [1.29, 1.82) is 0 Å². The van der Waals surface area contributed by atoms with Crippen LogP contribution in [0.5, 0.6) is 0 Å². The minimum atomic E-state index is -0.269. The van der Waals surface area contributed by atoms with Gasteiger partial charge in [-0.05, 0) is 57.6 Å². The summed E-state index contributed by atoms with van der Waals surface area (Å²) in [6.45, 7) is 4.14. The van der Waals surface area contributed by atoms with Gasteiger partial charge in [0.25, 0.3) is 5.91 Å². The highest BCUT2D eigenvalue weighted by Crippen LogP contribution is 2.28. The molecule has 1 amide bonds. The van der Waals surface area contributed by atoms with Crippen molar-refractivity contribution in [2.75, 3.05) is 25.5 Å². The van der Waals surface area contributed by atoms with Gasteiger partial charge in [-0.1, -0.05) is 6.07 Å². The fourth-order valence-corrected chi connectivity index (χ4v) is 4.54. The second kappa shape index (κ2) is 7.66. The summed E-state index contributed by atoms with van der Waals surface area (Å²) < 4.78 is 2.08. The lowest BCUT2D eigenvalue weighted by atomic mass is 10.0. The number of rotatable bonds is 4. The van der Waals surface area contributed by atoms with Crippen molar-refractivity contribution in [2.24, 2.45) is 0 Å². The minimum absolute atomic E-state index is 0.269. The lowest BCUT2D eigenvalue weighted by Gasteiger charge is -2.28. The number of hydrogen-bond acceptors (Lipinski definition) is 6. The summed E-state index contributed by atoms with van der Waals surface area (Å²) in [7, 11) is 2.16. The Balaban J connectivity index is 1.41. The number of amides is 1. The van der Waals surface area contributed by atoms with Crippen LogP contribution in [0.4, 0.5) is 5.13 Å². The number of hydrogen-bond donors (Lipinski definition) is 2. The molecule has 30 heavy (non-hydrogen) atoms. The zero-order valence-corrected chi connectivity index (χ0v) is 17.7. The number of H-pyrrole nitrogens is 1. The molecule has 4 heterocycles. The lowest BCUT2D eigenvalue weighted by molar-refractivity contribution is 0.102. The van der Waals surface area contributed by atoms with E-state index in [0.717, 1.165) is 52.8 Å². The van der Waals surface area contributed by atoms with Gasteiger partial charge in [-0.2, -0.15) is 10.2 Å². The molecule has 5 rings (SSSR count). The number of carbonyl (C=O) groups excluding carboxylic acids is 1. The van der Waals surface area contributed by atoms with Crippen molar-refractivity contribution in [3.63, 3.8) is 0 Å². The number of aryl methyl sites for hydroxylation is 1. The van der Waals surface area contributed by atoms with E-state index in [1.807, 2.05) is 31.3 Å². The molecule has 1 fully saturated rings. The number of fused-ring (bicyclic) bond motifs is 1. The molecule has 1 aliphatic rings. The zero-order chi connectivity index (χ0) is 20.7. The van der Waals surface area contributed by atoms with Gasteiger partial charge in [0.2, 0.25) is 0 Å². The second-order valence-electron chi connectivity index (χ2n) is 7.81. The Kier molecular flexibility index (Phi) is 4.84. The van der Waals surface area contributed by atoms with Crippen LogP contribution in [-0.4, -0.2) is 55.9 Å². The quantitative estimate of drug-likeness (QED) is 0.524. The molecule has 1 aliphatic heterocycles. The van der Waals surface area contributed by atoms with E-state index < -0.39 is 0 Å². The van der Waals surface area contributed by atoms with E-state index in [1.54, 1.807) is 6.20 Å². The van der Waals surface area contributed by atoms with Gasteiger partial charge in [0, 0.05) is 28.2 Å². The third kappa shape index (κ3) is 3.61. The molecule has 0 saturated carbocycles. The minimum Gasteiger partial charge on any atom is -0.306 e. The van der Waals surface area contributed by atoms with Crippen molar-refractivity contribution < 1.29 is 4.79 Å². The molecule has 9 heteroatoms. The summed E-state index contributed by atoms with van der Waals surface area (Å²) in [5.74, 6) is -0.269. The van der Waals surface area contributed by atoms with Gasteiger partial charge in [-0.3, -0.25) is 19.9 Å². The van der Waals surface area contributed by atoms with Gasteiger partial charge in [-0.15, -0.1) is 11.3 Å². The van der Waals surface area contributed by atoms with Crippen LogP contribution in [0, 0.1) is 6.92 Å². The molecule has 0 bridgehead atoms. The van der Waals surface area contributed by atoms with Crippen molar-refractivity contribution >= 4 is 33.3 Å². The number of likely N-dealkylation sites (tertiary alicyclic amines) is 1. The smallest absolute Gasteiger partial charge is 0.278 e. The van der Waals surface area contributed by atoms with Gasteiger partial charge in [0.05, 0.1) is 17.8 Å². The van der Waals surface area contributed by atoms with Crippen molar-refractivity contribution in [3.05, 3.63) is 47.4 Å². The van der Waals surface area contributed by atoms with Gasteiger partial charge < -0.3 is 4.90 Å². The number of benzene rings is 1. The Bertz CT molecular complexity index is 1200. The number of aromatic amines is 1. The SMILES string of the molecule is Cc1cnc(NC(=O)c2n[nH]c3ccc(-c4cnn(C5CCN(C)CC5)c4)cc23)s1. The Hall–Kier alpha value is -3.04. The van der Waals surface area contributed by atoms with Gasteiger partial charge in [0.1, 0.15) is 0 Å². The fraction of sp³-hybridized carbons (Fsp3) is 0.333. The summed E-state index contributed by atoms with van der Waals surface area (Å²) in [6, 6.07) is 6.42. The Morgan fingerprint density at radius 1 is 1.23 bits per heavy atom. The third-order valence-corrected chi connectivity index (χ3v) is 6.44. The van der Waals surface area contributed by atoms with Crippen LogP contribution >= 0.6 is 11.3 Å². The molecule has 0 aliphatic carbocycles. The van der Waals surface area contributed by atoms with Gasteiger partial charge >= 0.3 is 0 Å². The number of aromatic nitrogens is 5. The highest BCUT2D eigenvalue weighted by atomic mass is 32.1. The molecule has 4 aromatic rings. The van der Waals surface area contributed by atoms with E-state index >= 15 is 0 Å². The predicted molar refractivity (Wildman–Crippen MR) is 118 cm³/mol. The van der Waals surface area contributed by atoms with E-state index in [9.17, 15) is 4.79 Å². The number of piperidine rings is 1. The monoisotopic (exact) mass is 421 g/mol. The number of thiazole rings is 1. The molecule has 8 nitrogen and oxygen atoms in total. The highest BCUT2D eigenvalue weighted by Gasteiger charge is 2.20. The first-order valence-corrected chi connectivity index (χ1v) is 10.8. The highest BCUT2D eigenvalue weighted by molar-refractivity contribution is 7.15. The van der Waals surface area contributed by atoms with Crippen LogP contribution in [0.2, 0.25) is 0 Å². The first-order chi connectivity index (χ1) is 14.6. The second-order valence-corrected chi connectivity index (χ2v) is 9.04. The largest absolute Gasteiger partial charge is 0.306 e. The molecule has 3 aromatic heterocycles. The summed E-state index contributed by atoms with van der Waals surface area (Å²) in [5.41, 5.74) is 3.24. The van der Waals surface area contributed by atoms with Crippen molar-refractivity contribution in [2.45, 2.75) is 25.8 Å². The van der Waals surface area contributed by atoms with Crippen molar-refractivity contribution in [1.82, 2.24) is 29.9 Å². The van der Waals surface area contributed by atoms with Crippen LogP contribution in [0.25, 0.3) is 22.0 Å². The molecule has 154 valence electrons. The summed E-state index contributed by atoms with van der Waals surface area (Å²) in [5, 5.41) is 16.0. The third-order valence-electron chi connectivity index (χ3n) is 5.62. The maximum Gasteiger partial charge on any atom is 0.278 e. The van der Waals surface area contributed by atoms with E-state index in [-0.39, 0.29) is 5.91 Å². The molecular weight excluding hydrogens is 398 g/mol. The van der Waals surface area contributed by atoms with Crippen LogP contribution < -0.4 is 5.32 Å². The number of nitrogens with one attached hydrogen (secondary N) is 2. The Labute approximate surface area is 177 Å². The van der Waals surface area contributed by atoms with Crippen LogP contribution in [0.1, 0.15) is 34.2 Å². The van der Waals surface area contributed by atoms with Crippen molar-refractivity contribution in [3.8, 4) is 11.1 Å². The molecular formula is C21H23N7OS. The van der Waals surface area contributed by atoms with Crippen LogP contribution in [0.3, 0.4) is 0 Å². The predicted octanol–water partition coefficient (Wildman–Crippen LogP) is 3.71.